The summed E-state index contributed by atoms with van der Waals surface area (Å²) >= 11 is 11.6. The molecule has 3 aromatic carbocycles. The second-order valence-electron chi connectivity index (χ2n) is 7.88. The number of ether oxygens (including phenoxy) is 2. The molecule has 34 heavy (non-hydrogen) atoms. The molecule has 2 aliphatic heterocycles. The summed E-state index contributed by atoms with van der Waals surface area (Å²) in [6.07, 6.45) is -0.0600. The number of carbonyl (C=O) groups excluding carboxylic acids is 2. The van der Waals surface area contributed by atoms with Crippen LogP contribution in [0.5, 0.6) is 11.5 Å². The summed E-state index contributed by atoms with van der Waals surface area (Å²) in [7, 11) is 0. The number of carbonyl (C=O) groups is 2. The van der Waals surface area contributed by atoms with Crippen LogP contribution in [0, 0.1) is 0 Å². The number of nitrogens with one attached hydrogen (secondary N) is 1. The standard InChI is InChI=1S/C25H20ClN3O4S/c26-17-7-9-18(10-8-17)27-23(30)13-20-24(31)29(19-4-2-1-3-5-19)25(34)28(20)14-16-6-11-21-22(12-16)33-15-32-21/h1-12,20H,13-15H2,(H,27,30). The maximum Gasteiger partial charge on any atom is 0.256 e. The first kappa shape index (κ1) is 22.2. The molecule has 1 fully saturated rings. The molecule has 0 radical (unpaired) electrons. The van der Waals surface area contributed by atoms with Gasteiger partial charge in [0.25, 0.3) is 5.91 Å². The molecule has 7 nitrogen and oxygen atoms in total. The molecule has 2 amide bonds. The van der Waals surface area contributed by atoms with E-state index < -0.39 is 6.04 Å². The quantitative estimate of drug-likeness (QED) is 0.506. The zero-order valence-corrected chi connectivity index (χ0v) is 19.5. The lowest BCUT2D eigenvalue weighted by Crippen LogP contribution is -2.37. The van der Waals surface area contributed by atoms with Crippen molar-refractivity contribution in [3.63, 3.8) is 0 Å². The van der Waals surface area contributed by atoms with E-state index in [2.05, 4.69) is 5.32 Å². The highest BCUT2D eigenvalue weighted by Crippen LogP contribution is 2.34. The van der Waals surface area contributed by atoms with Crippen LogP contribution in [0.4, 0.5) is 11.4 Å². The largest absolute Gasteiger partial charge is 0.454 e. The van der Waals surface area contributed by atoms with E-state index in [0.717, 1.165) is 5.56 Å². The Hall–Kier alpha value is -3.62. The minimum absolute atomic E-state index is 0.0600. The summed E-state index contributed by atoms with van der Waals surface area (Å²) in [5.74, 6) is 0.775. The fourth-order valence-corrected chi connectivity index (χ4v) is 4.50. The Labute approximate surface area is 206 Å². The molecule has 0 aliphatic carbocycles. The lowest BCUT2D eigenvalue weighted by Gasteiger charge is -2.24. The zero-order chi connectivity index (χ0) is 23.7. The molecule has 0 bridgehead atoms. The van der Waals surface area contributed by atoms with Crippen molar-refractivity contribution in [1.82, 2.24) is 4.90 Å². The minimum atomic E-state index is -0.759. The number of rotatable bonds is 6. The summed E-state index contributed by atoms with van der Waals surface area (Å²) in [5.41, 5.74) is 2.15. The van der Waals surface area contributed by atoms with Crippen LogP contribution in [0.15, 0.2) is 72.8 Å². The van der Waals surface area contributed by atoms with E-state index in [9.17, 15) is 9.59 Å². The number of anilines is 2. The van der Waals surface area contributed by atoms with Crippen molar-refractivity contribution in [2.24, 2.45) is 0 Å². The van der Waals surface area contributed by atoms with Crippen LogP contribution in [0.3, 0.4) is 0 Å². The van der Waals surface area contributed by atoms with Crippen molar-refractivity contribution in [3.8, 4) is 11.5 Å². The predicted molar refractivity (Wildman–Crippen MR) is 133 cm³/mol. The number of hydrogen-bond acceptors (Lipinski definition) is 5. The van der Waals surface area contributed by atoms with Gasteiger partial charge in [-0.2, -0.15) is 0 Å². The number of thiocarbonyl (C=S) groups is 1. The third-order valence-electron chi connectivity index (χ3n) is 5.63. The molecule has 2 heterocycles. The fourth-order valence-electron chi connectivity index (χ4n) is 3.99. The number of hydrogen-bond donors (Lipinski definition) is 1. The van der Waals surface area contributed by atoms with Gasteiger partial charge >= 0.3 is 0 Å². The molecule has 5 rings (SSSR count). The molecule has 1 saturated heterocycles. The van der Waals surface area contributed by atoms with Crippen molar-refractivity contribution in [2.75, 3.05) is 17.0 Å². The van der Waals surface area contributed by atoms with E-state index in [1.165, 1.54) is 4.90 Å². The highest BCUT2D eigenvalue weighted by atomic mass is 35.5. The SMILES string of the molecule is O=C(CC1C(=O)N(c2ccccc2)C(=S)N1Cc1ccc2c(c1)OCO2)Nc1ccc(Cl)cc1. The molecule has 0 aromatic heterocycles. The van der Waals surface area contributed by atoms with Gasteiger partial charge in [-0.1, -0.05) is 35.9 Å². The lowest BCUT2D eigenvalue weighted by molar-refractivity contribution is -0.124. The normalized spacial score (nSPS) is 16.8. The molecule has 0 spiro atoms. The number of nitrogens with zero attached hydrogens (tertiary/aromatic N) is 2. The smallest absolute Gasteiger partial charge is 0.256 e. The van der Waals surface area contributed by atoms with Gasteiger partial charge in [0.1, 0.15) is 6.04 Å². The van der Waals surface area contributed by atoms with Crippen molar-refractivity contribution in [1.29, 1.82) is 0 Å². The lowest BCUT2D eigenvalue weighted by atomic mass is 10.1. The van der Waals surface area contributed by atoms with Crippen molar-refractivity contribution in [3.05, 3.63) is 83.4 Å². The Morgan fingerprint density at radius 3 is 2.53 bits per heavy atom. The fraction of sp³-hybridized carbons (Fsp3) is 0.160. The first-order valence-electron chi connectivity index (χ1n) is 10.6. The topological polar surface area (TPSA) is 71.1 Å². The van der Waals surface area contributed by atoms with Gasteiger partial charge in [0.05, 0.1) is 12.1 Å². The maximum atomic E-state index is 13.5. The molecular weight excluding hydrogens is 474 g/mol. The molecule has 0 saturated carbocycles. The van der Waals surface area contributed by atoms with Gasteiger partial charge < -0.3 is 19.7 Å². The zero-order valence-electron chi connectivity index (χ0n) is 17.9. The molecule has 1 N–H and O–H groups in total. The molecular formula is C25H20ClN3O4S. The second kappa shape index (κ2) is 9.32. The predicted octanol–water partition coefficient (Wildman–Crippen LogP) is 4.60. The summed E-state index contributed by atoms with van der Waals surface area (Å²) in [5, 5.41) is 3.75. The van der Waals surface area contributed by atoms with Crippen molar-refractivity contribution >= 4 is 52.1 Å². The maximum absolute atomic E-state index is 13.5. The first-order chi connectivity index (χ1) is 16.5. The third kappa shape index (κ3) is 4.42. The van der Waals surface area contributed by atoms with E-state index in [1.807, 2.05) is 48.5 Å². The van der Waals surface area contributed by atoms with Crippen LogP contribution in [-0.2, 0) is 16.1 Å². The Morgan fingerprint density at radius 1 is 1.03 bits per heavy atom. The van der Waals surface area contributed by atoms with Gasteiger partial charge in [-0.15, -0.1) is 0 Å². The van der Waals surface area contributed by atoms with Crippen LogP contribution >= 0.6 is 23.8 Å². The van der Waals surface area contributed by atoms with Crippen LogP contribution in [0.25, 0.3) is 0 Å². The molecule has 2 aliphatic rings. The van der Waals surface area contributed by atoms with Crippen molar-refractivity contribution in [2.45, 2.75) is 19.0 Å². The van der Waals surface area contributed by atoms with E-state index in [4.69, 9.17) is 33.3 Å². The average Bonchev–Trinajstić information content (AvgIpc) is 3.39. The number of halogens is 1. The molecule has 172 valence electrons. The Bertz CT molecular complexity index is 1250. The Balaban J connectivity index is 1.40. The van der Waals surface area contributed by atoms with E-state index in [-0.39, 0.29) is 25.0 Å². The monoisotopic (exact) mass is 493 g/mol. The minimum Gasteiger partial charge on any atom is -0.454 e. The summed E-state index contributed by atoms with van der Waals surface area (Å²) in [6.45, 7) is 0.512. The third-order valence-corrected chi connectivity index (χ3v) is 6.30. The van der Waals surface area contributed by atoms with E-state index in [0.29, 0.717) is 39.6 Å². The van der Waals surface area contributed by atoms with E-state index in [1.54, 1.807) is 29.2 Å². The van der Waals surface area contributed by atoms with Crippen LogP contribution in [-0.4, -0.2) is 34.7 Å². The van der Waals surface area contributed by atoms with Gasteiger partial charge in [0, 0.05) is 17.3 Å². The average molecular weight is 494 g/mol. The van der Waals surface area contributed by atoms with Gasteiger partial charge in [0.2, 0.25) is 12.7 Å². The highest BCUT2D eigenvalue weighted by molar-refractivity contribution is 7.80. The molecule has 1 unspecified atom stereocenters. The van der Waals surface area contributed by atoms with E-state index >= 15 is 0 Å². The van der Waals surface area contributed by atoms with Crippen LogP contribution < -0.4 is 19.7 Å². The number of benzene rings is 3. The molecule has 1 atom stereocenters. The number of amides is 2. The van der Waals surface area contributed by atoms with Crippen LogP contribution in [0.1, 0.15) is 12.0 Å². The van der Waals surface area contributed by atoms with Crippen molar-refractivity contribution < 1.29 is 19.1 Å². The Kier molecular flexibility index (Phi) is 6.08. The summed E-state index contributed by atoms with van der Waals surface area (Å²) in [4.78, 5) is 29.6. The summed E-state index contributed by atoms with van der Waals surface area (Å²) in [6, 6.07) is 20.8. The Morgan fingerprint density at radius 2 is 1.76 bits per heavy atom. The molecule has 9 heteroatoms. The second-order valence-corrected chi connectivity index (χ2v) is 8.68. The molecule has 3 aromatic rings. The van der Waals surface area contributed by atoms with Gasteiger partial charge in [0.15, 0.2) is 16.6 Å². The summed E-state index contributed by atoms with van der Waals surface area (Å²) < 4.78 is 10.9. The van der Waals surface area contributed by atoms with Gasteiger partial charge in [-0.25, -0.2) is 0 Å². The number of para-hydroxylation sites is 1. The van der Waals surface area contributed by atoms with Gasteiger partial charge in [-0.3, -0.25) is 14.5 Å². The van der Waals surface area contributed by atoms with Gasteiger partial charge in [-0.05, 0) is 66.3 Å². The van der Waals surface area contributed by atoms with Crippen LogP contribution in [0.2, 0.25) is 5.02 Å². The number of fused-ring (bicyclic) bond motifs is 1. The highest BCUT2D eigenvalue weighted by Gasteiger charge is 2.44. The first-order valence-corrected chi connectivity index (χ1v) is 11.4.